The highest BCUT2D eigenvalue weighted by Gasteiger charge is 2.20. The molecule has 0 N–H and O–H groups in total. The molecule has 0 aliphatic heterocycles. The SMILES string of the molecule is Cc1cc(C)c(-n2c(-c3ccccc3)nnc2-c2ccc(-c3cccc4c3oc3ccccc34)cc2)c(C)c1. The molecular weight excluding hydrogens is 478 g/mol. The first-order valence-electron chi connectivity index (χ1n) is 13.2. The van der Waals surface area contributed by atoms with Gasteiger partial charge in [-0.2, -0.15) is 0 Å². The third-order valence-corrected chi connectivity index (χ3v) is 7.41. The van der Waals surface area contributed by atoms with Gasteiger partial charge in [-0.05, 0) is 43.5 Å². The van der Waals surface area contributed by atoms with Crippen LogP contribution < -0.4 is 0 Å². The van der Waals surface area contributed by atoms with Gasteiger partial charge in [-0.1, -0.05) is 109 Å². The van der Waals surface area contributed by atoms with Crippen LogP contribution in [-0.2, 0) is 0 Å². The van der Waals surface area contributed by atoms with Crippen molar-refractivity contribution in [3.8, 4) is 39.6 Å². The average molecular weight is 506 g/mol. The van der Waals surface area contributed by atoms with Crippen molar-refractivity contribution in [1.29, 1.82) is 0 Å². The van der Waals surface area contributed by atoms with Gasteiger partial charge < -0.3 is 4.42 Å². The smallest absolute Gasteiger partial charge is 0.168 e. The lowest BCUT2D eigenvalue weighted by atomic mass is 10.0. The number of fused-ring (bicyclic) bond motifs is 3. The summed E-state index contributed by atoms with van der Waals surface area (Å²) in [6, 6.07) is 37.8. The molecule has 0 bridgehead atoms. The topological polar surface area (TPSA) is 43.9 Å². The molecule has 0 amide bonds. The molecule has 0 radical (unpaired) electrons. The van der Waals surface area contributed by atoms with Crippen molar-refractivity contribution in [1.82, 2.24) is 14.8 Å². The summed E-state index contributed by atoms with van der Waals surface area (Å²) < 4.78 is 8.49. The predicted molar refractivity (Wildman–Crippen MR) is 159 cm³/mol. The minimum Gasteiger partial charge on any atom is -0.455 e. The van der Waals surface area contributed by atoms with Gasteiger partial charge in [0.25, 0.3) is 0 Å². The molecule has 7 aromatic rings. The third kappa shape index (κ3) is 3.84. The second kappa shape index (κ2) is 9.10. The van der Waals surface area contributed by atoms with Gasteiger partial charge in [0, 0.05) is 27.5 Å². The van der Waals surface area contributed by atoms with Crippen molar-refractivity contribution >= 4 is 21.9 Å². The van der Waals surface area contributed by atoms with Crippen molar-refractivity contribution in [3.63, 3.8) is 0 Å². The lowest BCUT2D eigenvalue weighted by molar-refractivity contribution is 0.670. The first-order valence-corrected chi connectivity index (χ1v) is 13.2. The first-order chi connectivity index (χ1) is 19.1. The van der Waals surface area contributed by atoms with Crippen LogP contribution in [0.25, 0.3) is 61.5 Å². The van der Waals surface area contributed by atoms with Gasteiger partial charge in [-0.3, -0.25) is 4.57 Å². The molecule has 2 aromatic heterocycles. The molecule has 0 fully saturated rings. The quantitative estimate of drug-likeness (QED) is 0.240. The minimum absolute atomic E-state index is 0.817. The molecule has 39 heavy (non-hydrogen) atoms. The standard InChI is InChI=1S/C35H27N3O/c1-22-20-23(2)32(24(3)21-22)38-34(26-10-5-4-6-11-26)36-37-35(38)27-18-16-25(17-19-27)28-13-9-14-30-29-12-7-8-15-31(29)39-33(28)30/h4-21H,1-3H3. The Morgan fingerprint density at radius 2 is 1.15 bits per heavy atom. The molecule has 4 heteroatoms. The number of hydrogen-bond acceptors (Lipinski definition) is 3. The molecule has 0 atom stereocenters. The Labute approximate surface area is 227 Å². The summed E-state index contributed by atoms with van der Waals surface area (Å²) in [5.74, 6) is 1.65. The molecule has 4 nitrogen and oxygen atoms in total. The molecule has 0 unspecified atom stereocenters. The predicted octanol–water partition coefficient (Wildman–Crippen LogP) is 9.09. The Bertz CT molecular complexity index is 1960. The van der Waals surface area contributed by atoms with Crippen LogP contribution in [0.3, 0.4) is 0 Å². The normalized spacial score (nSPS) is 11.5. The first kappa shape index (κ1) is 23.2. The van der Waals surface area contributed by atoms with E-state index in [0.717, 1.165) is 61.5 Å². The van der Waals surface area contributed by atoms with Crippen LogP contribution in [0.15, 0.2) is 114 Å². The fourth-order valence-corrected chi connectivity index (χ4v) is 5.76. The molecule has 7 rings (SSSR count). The Morgan fingerprint density at radius 1 is 0.564 bits per heavy atom. The fourth-order valence-electron chi connectivity index (χ4n) is 5.76. The summed E-state index contributed by atoms with van der Waals surface area (Å²) in [5.41, 5.74) is 10.8. The number of furan rings is 1. The molecule has 0 spiro atoms. The van der Waals surface area contributed by atoms with E-state index in [1.54, 1.807) is 0 Å². The maximum Gasteiger partial charge on any atom is 0.168 e. The van der Waals surface area contributed by atoms with Gasteiger partial charge in [-0.25, -0.2) is 0 Å². The van der Waals surface area contributed by atoms with Crippen LogP contribution in [0.2, 0.25) is 0 Å². The van der Waals surface area contributed by atoms with E-state index in [1.165, 1.54) is 16.7 Å². The fraction of sp³-hybridized carbons (Fsp3) is 0.0857. The number of para-hydroxylation sites is 2. The summed E-state index contributed by atoms with van der Waals surface area (Å²) in [7, 11) is 0. The van der Waals surface area contributed by atoms with E-state index >= 15 is 0 Å². The van der Waals surface area contributed by atoms with Crippen molar-refractivity contribution < 1.29 is 4.42 Å². The van der Waals surface area contributed by atoms with Gasteiger partial charge in [0.15, 0.2) is 11.6 Å². The highest BCUT2D eigenvalue weighted by molar-refractivity contribution is 6.09. The van der Waals surface area contributed by atoms with E-state index in [0.29, 0.717) is 0 Å². The van der Waals surface area contributed by atoms with E-state index in [1.807, 2.05) is 30.3 Å². The molecular formula is C35H27N3O. The van der Waals surface area contributed by atoms with Crippen molar-refractivity contribution in [3.05, 3.63) is 126 Å². The molecule has 0 saturated heterocycles. The zero-order chi connectivity index (χ0) is 26.5. The van der Waals surface area contributed by atoms with Crippen LogP contribution in [0.4, 0.5) is 0 Å². The van der Waals surface area contributed by atoms with E-state index in [4.69, 9.17) is 9.52 Å². The highest BCUT2D eigenvalue weighted by atomic mass is 16.3. The van der Waals surface area contributed by atoms with Crippen LogP contribution in [0, 0.1) is 20.8 Å². The van der Waals surface area contributed by atoms with Crippen molar-refractivity contribution in [2.75, 3.05) is 0 Å². The van der Waals surface area contributed by atoms with Gasteiger partial charge >= 0.3 is 0 Å². The second-order valence-corrected chi connectivity index (χ2v) is 10.2. The molecule has 0 aliphatic carbocycles. The second-order valence-electron chi connectivity index (χ2n) is 10.2. The summed E-state index contributed by atoms with van der Waals surface area (Å²) in [4.78, 5) is 0. The zero-order valence-electron chi connectivity index (χ0n) is 22.1. The number of nitrogens with zero attached hydrogens (tertiary/aromatic N) is 3. The molecule has 0 saturated carbocycles. The number of rotatable bonds is 4. The van der Waals surface area contributed by atoms with Gasteiger partial charge in [0.05, 0.1) is 5.69 Å². The molecule has 0 aliphatic rings. The summed E-state index contributed by atoms with van der Waals surface area (Å²) >= 11 is 0. The summed E-state index contributed by atoms with van der Waals surface area (Å²) in [6.07, 6.45) is 0. The minimum atomic E-state index is 0.817. The van der Waals surface area contributed by atoms with Crippen LogP contribution in [-0.4, -0.2) is 14.8 Å². The van der Waals surface area contributed by atoms with Crippen molar-refractivity contribution in [2.45, 2.75) is 20.8 Å². The summed E-state index contributed by atoms with van der Waals surface area (Å²) in [6.45, 7) is 6.45. The van der Waals surface area contributed by atoms with Crippen LogP contribution in [0.1, 0.15) is 16.7 Å². The van der Waals surface area contributed by atoms with Crippen molar-refractivity contribution in [2.24, 2.45) is 0 Å². The van der Waals surface area contributed by atoms with Gasteiger partial charge in [0.1, 0.15) is 11.2 Å². The van der Waals surface area contributed by atoms with Gasteiger partial charge in [0.2, 0.25) is 0 Å². The number of benzene rings is 5. The molecule has 2 heterocycles. The van der Waals surface area contributed by atoms with Crippen LogP contribution in [0.5, 0.6) is 0 Å². The lowest BCUT2D eigenvalue weighted by Crippen LogP contribution is -2.05. The Morgan fingerprint density at radius 3 is 1.87 bits per heavy atom. The largest absolute Gasteiger partial charge is 0.455 e. The maximum atomic E-state index is 6.29. The summed E-state index contributed by atoms with van der Waals surface area (Å²) in [5, 5.41) is 11.7. The Kier molecular flexibility index (Phi) is 5.41. The zero-order valence-corrected chi connectivity index (χ0v) is 22.1. The third-order valence-electron chi connectivity index (χ3n) is 7.41. The van der Waals surface area contributed by atoms with E-state index in [-0.39, 0.29) is 0 Å². The molecule has 5 aromatic carbocycles. The Hall–Kier alpha value is -4.96. The Balaban J connectivity index is 1.38. The van der Waals surface area contributed by atoms with Crippen LogP contribution >= 0.6 is 0 Å². The number of hydrogen-bond donors (Lipinski definition) is 0. The maximum absolute atomic E-state index is 6.29. The van der Waals surface area contributed by atoms with E-state index < -0.39 is 0 Å². The van der Waals surface area contributed by atoms with E-state index in [9.17, 15) is 0 Å². The monoisotopic (exact) mass is 505 g/mol. The van der Waals surface area contributed by atoms with E-state index in [2.05, 4.69) is 109 Å². The number of aryl methyl sites for hydroxylation is 3. The highest BCUT2D eigenvalue weighted by Crippen LogP contribution is 2.37. The van der Waals surface area contributed by atoms with Gasteiger partial charge in [-0.15, -0.1) is 10.2 Å². The average Bonchev–Trinajstić information content (AvgIpc) is 3.55. The number of aromatic nitrogens is 3. The lowest BCUT2D eigenvalue weighted by Gasteiger charge is -2.17. The molecule has 188 valence electrons.